The molecule has 2 heteroatoms. The zero-order valence-electron chi connectivity index (χ0n) is 5.60. The first kappa shape index (κ1) is 7.92. The van der Waals surface area contributed by atoms with E-state index in [4.69, 9.17) is 10.2 Å². The Balaban J connectivity index is 3.71. The van der Waals surface area contributed by atoms with Crippen LogP contribution in [0.2, 0.25) is 0 Å². The second-order valence-corrected chi connectivity index (χ2v) is 2.21. The Kier molecular flexibility index (Phi) is 2.44. The highest BCUT2D eigenvalue weighted by molar-refractivity contribution is 4.90. The Morgan fingerprint density at radius 2 is 2.00 bits per heavy atom. The van der Waals surface area contributed by atoms with Gasteiger partial charge in [0.2, 0.25) is 0 Å². The van der Waals surface area contributed by atoms with Crippen molar-refractivity contribution in [1.82, 2.24) is 0 Å². The maximum atomic E-state index is 9.11. The van der Waals surface area contributed by atoms with Gasteiger partial charge in [-0.3, -0.25) is 0 Å². The summed E-state index contributed by atoms with van der Waals surface area (Å²) in [5, 5.41) is 17.9. The van der Waals surface area contributed by atoms with Crippen LogP contribution in [0.4, 0.5) is 0 Å². The molecule has 1 radical (unpaired) electrons. The van der Waals surface area contributed by atoms with Crippen molar-refractivity contribution in [2.45, 2.75) is 32.8 Å². The van der Waals surface area contributed by atoms with Crippen LogP contribution in [-0.2, 0) is 0 Å². The summed E-state index contributed by atoms with van der Waals surface area (Å²) in [6.07, 6.45) is 0.634. The SMILES string of the molecule is CCC(C)(O)[C](C)O. The second kappa shape index (κ2) is 2.46. The van der Waals surface area contributed by atoms with Crippen LogP contribution in [0.25, 0.3) is 0 Å². The van der Waals surface area contributed by atoms with Crippen LogP contribution in [0.5, 0.6) is 0 Å². The van der Waals surface area contributed by atoms with E-state index in [9.17, 15) is 0 Å². The molecule has 0 aromatic heterocycles. The quantitative estimate of drug-likeness (QED) is 0.568. The molecule has 0 aliphatic carbocycles. The van der Waals surface area contributed by atoms with E-state index >= 15 is 0 Å². The third-order valence-electron chi connectivity index (χ3n) is 1.47. The van der Waals surface area contributed by atoms with Crippen LogP contribution in [-0.4, -0.2) is 15.8 Å². The molecule has 0 aromatic carbocycles. The van der Waals surface area contributed by atoms with Gasteiger partial charge in [-0.2, -0.15) is 0 Å². The van der Waals surface area contributed by atoms with Crippen LogP contribution in [0.1, 0.15) is 27.2 Å². The van der Waals surface area contributed by atoms with Crippen LogP contribution in [0.3, 0.4) is 0 Å². The van der Waals surface area contributed by atoms with Gasteiger partial charge >= 0.3 is 0 Å². The molecule has 0 rings (SSSR count). The zero-order valence-corrected chi connectivity index (χ0v) is 5.60. The van der Waals surface area contributed by atoms with Gasteiger partial charge in [-0.05, 0) is 20.3 Å². The number of hydrogen-bond donors (Lipinski definition) is 2. The fraction of sp³-hybridized carbons (Fsp3) is 0.833. The van der Waals surface area contributed by atoms with Crippen LogP contribution in [0.15, 0.2) is 0 Å². The molecule has 8 heavy (non-hydrogen) atoms. The van der Waals surface area contributed by atoms with E-state index in [1.54, 1.807) is 6.92 Å². The minimum absolute atomic E-state index is 0.0833. The van der Waals surface area contributed by atoms with Crippen LogP contribution >= 0.6 is 0 Å². The Morgan fingerprint density at radius 3 is 2.00 bits per heavy atom. The van der Waals surface area contributed by atoms with Crippen molar-refractivity contribution >= 4 is 0 Å². The van der Waals surface area contributed by atoms with Crippen molar-refractivity contribution < 1.29 is 10.2 Å². The molecule has 0 saturated heterocycles. The largest absolute Gasteiger partial charge is 0.387 e. The van der Waals surface area contributed by atoms with Crippen molar-refractivity contribution in [1.29, 1.82) is 0 Å². The lowest BCUT2D eigenvalue weighted by Gasteiger charge is -2.22. The fourth-order valence-corrected chi connectivity index (χ4v) is 0.256. The molecule has 1 unspecified atom stereocenters. The molecule has 0 aromatic rings. The summed E-state index contributed by atoms with van der Waals surface area (Å²) in [6, 6.07) is 0. The van der Waals surface area contributed by atoms with Gasteiger partial charge in [-0.1, -0.05) is 6.92 Å². The van der Waals surface area contributed by atoms with Gasteiger partial charge in [0.15, 0.2) is 0 Å². The molecule has 0 spiro atoms. The average Bonchev–Trinajstić information content (AvgIpc) is 1.67. The molecular formula is C6H13O2. The predicted octanol–water partition coefficient (Wildman–Crippen LogP) is 1.07. The molecule has 0 aliphatic heterocycles. The smallest absolute Gasteiger partial charge is 0.121 e. The minimum Gasteiger partial charge on any atom is -0.387 e. The monoisotopic (exact) mass is 117 g/mol. The summed E-state index contributed by atoms with van der Waals surface area (Å²) in [4.78, 5) is 0. The minimum atomic E-state index is -0.986. The molecule has 0 fully saturated rings. The van der Waals surface area contributed by atoms with E-state index in [1.165, 1.54) is 6.92 Å². The van der Waals surface area contributed by atoms with Gasteiger partial charge in [0, 0.05) is 0 Å². The van der Waals surface area contributed by atoms with E-state index in [0.717, 1.165) is 0 Å². The summed E-state index contributed by atoms with van der Waals surface area (Å²) in [5.74, 6) is 0. The van der Waals surface area contributed by atoms with E-state index in [0.29, 0.717) is 6.42 Å². The zero-order chi connectivity index (χ0) is 6.78. The number of aliphatic hydroxyl groups excluding tert-OH is 1. The van der Waals surface area contributed by atoms with Gasteiger partial charge in [-0.15, -0.1) is 0 Å². The van der Waals surface area contributed by atoms with Crippen molar-refractivity contribution in [2.24, 2.45) is 0 Å². The lowest BCUT2D eigenvalue weighted by molar-refractivity contribution is 0.00809. The maximum Gasteiger partial charge on any atom is 0.121 e. The van der Waals surface area contributed by atoms with Gasteiger partial charge < -0.3 is 10.2 Å². The highest BCUT2D eigenvalue weighted by Crippen LogP contribution is 2.18. The van der Waals surface area contributed by atoms with Crippen molar-refractivity contribution in [3.63, 3.8) is 0 Å². The number of hydrogen-bond acceptors (Lipinski definition) is 2. The summed E-state index contributed by atoms with van der Waals surface area (Å²) in [5.41, 5.74) is -0.986. The second-order valence-electron chi connectivity index (χ2n) is 2.21. The summed E-state index contributed by atoms with van der Waals surface area (Å²) < 4.78 is 0. The molecule has 1 atom stereocenters. The number of rotatable bonds is 2. The highest BCUT2D eigenvalue weighted by atomic mass is 16.3. The molecule has 0 aliphatic rings. The van der Waals surface area contributed by atoms with Crippen molar-refractivity contribution in [3.05, 3.63) is 6.10 Å². The fourth-order valence-electron chi connectivity index (χ4n) is 0.256. The average molecular weight is 117 g/mol. The Hall–Kier alpha value is -0.0800. The van der Waals surface area contributed by atoms with Crippen molar-refractivity contribution in [3.8, 4) is 0 Å². The molecule has 0 bridgehead atoms. The van der Waals surface area contributed by atoms with Crippen LogP contribution in [0, 0.1) is 6.10 Å². The van der Waals surface area contributed by atoms with Gasteiger partial charge in [0.1, 0.15) is 6.10 Å². The van der Waals surface area contributed by atoms with E-state index in [1.807, 2.05) is 6.92 Å². The van der Waals surface area contributed by atoms with E-state index in [-0.39, 0.29) is 6.10 Å². The molecule has 49 valence electrons. The molecule has 2 nitrogen and oxygen atoms in total. The first-order valence-corrected chi connectivity index (χ1v) is 2.76. The normalized spacial score (nSPS) is 18.8. The lowest BCUT2D eigenvalue weighted by Crippen LogP contribution is -2.29. The predicted molar refractivity (Wildman–Crippen MR) is 31.8 cm³/mol. The third-order valence-corrected chi connectivity index (χ3v) is 1.47. The van der Waals surface area contributed by atoms with Crippen LogP contribution < -0.4 is 0 Å². The first-order valence-electron chi connectivity index (χ1n) is 2.76. The molecule has 0 amide bonds. The summed E-state index contributed by atoms with van der Waals surface area (Å²) in [7, 11) is 0. The topological polar surface area (TPSA) is 40.5 Å². The lowest BCUT2D eigenvalue weighted by atomic mass is 9.98. The summed E-state index contributed by atoms with van der Waals surface area (Å²) >= 11 is 0. The standard InChI is InChI=1S/C6H13O2/c1-4-6(3,8)5(2)7/h7-8H,4H2,1-3H3. The Labute approximate surface area is 50.2 Å². The van der Waals surface area contributed by atoms with Gasteiger partial charge in [-0.25, -0.2) is 0 Å². The first-order chi connectivity index (χ1) is 3.50. The highest BCUT2D eigenvalue weighted by Gasteiger charge is 2.24. The molecule has 2 N–H and O–H groups in total. The maximum absolute atomic E-state index is 9.11. The summed E-state index contributed by atoms with van der Waals surface area (Å²) in [6.45, 7) is 4.91. The van der Waals surface area contributed by atoms with E-state index in [2.05, 4.69) is 0 Å². The molecular weight excluding hydrogens is 104 g/mol. The van der Waals surface area contributed by atoms with Gasteiger partial charge in [0.25, 0.3) is 0 Å². The Morgan fingerprint density at radius 1 is 1.62 bits per heavy atom. The van der Waals surface area contributed by atoms with E-state index < -0.39 is 5.60 Å². The van der Waals surface area contributed by atoms with Gasteiger partial charge in [0.05, 0.1) is 5.60 Å². The number of aliphatic hydroxyl groups is 2. The Bertz CT molecular complexity index is 66.9. The molecule has 0 saturated carbocycles. The third kappa shape index (κ3) is 1.80. The van der Waals surface area contributed by atoms with Crippen molar-refractivity contribution in [2.75, 3.05) is 0 Å². The molecule has 0 heterocycles.